The number of rotatable bonds is 10. The number of carbonyl (C=O) groups is 2. The Balaban J connectivity index is 1.95. The van der Waals surface area contributed by atoms with E-state index >= 15 is 0 Å². The summed E-state index contributed by atoms with van der Waals surface area (Å²) < 4.78 is 26.8. The number of amides is 2. The number of hydrogen-bond acceptors (Lipinski definition) is 4. The molecule has 36 heavy (non-hydrogen) atoms. The third-order valence-electron chi connectivity index (χ3n) is 6.84. The van der Waals surface area contributed by atoms with E-state index in [0.29, 0.717) is 12.1 Å². The lowest BCUT2D eigenvalue weighted by atomic mass is 10.1. The second-order valence-electron chi connectivity index (χ2n) is 9.98. The average molecular weight is 514 g/mol. The van der Waals surface area contributed by atoms with Crippen molar-refractivity contribution in [3.63, 3.8) is 0 Å². The van der Waals surface area contributed by atoms with Gasteiger partial charge in [0.2, 0.25) is 21.8 Å². The van der Waals surface area contributed by atoms with Gasteiger partial charge >= 0.3 is 0 Å². The van der Waals surface area contributed by atoms with Crippen LogP contribution in [-0.4, -0.2) is 50.0 Å². The highest BCUT2D eigenvalue weighted by Crippen LogP contribution is 2.25. The summed E-state index contributed by atoms with van der Waals surface area (Å²) in [6, 6.07) is 12.8. The Hall–Kier alpha value is -2.87. The van der Waals surface area contributed by atoms with E-state index in [1.54, 1.807) is 11.0 Å². The summed E-state index contributed by atoms with van der Waals surface area (Å²) in [7, 11) is -3.75. The summed E-state index contributed by atoms with van der Waals surface area (Å²) in [6.07, 6.45) is 5.61. The predicted molar refractivity (Wildman–Crippen MR) is 144 cm³/mol. The molecule has 2 aromatic rings. The van der Waals surface area contributed by atoms with E-state index in [0.717, 1.165) is 58.5 Å². The quantitative estimate of drug-likeness (QED) is 0.515. The molecular weight excluding hydrogens is 474 g/mol. The number of benzene rings is 2. The molecular formula is C28H39N3O4S. The molecule has 0 aliphatic heterocycles. The molecule has 0 spiro atoms. The van der Waals surface area contributed by atoms with E-state index in [1.165, 1.54) is 0 Å². The molecule has 3 rings (SSSR count). The number of aryl methyl sites for hydroxylation is 3. The molecule has 0 bridgehead atoms. The van der Waals surface area contributed by atoms with Gasteiger partial charge in [0.05, 0.1) is 11.9 Å². The first-order chi connectivity index (χ1) is 17.0. The Labute approximate surface area is 215 Å². The number of carbonyl (C=O) groups excluding carboxylic acids is 2. The first-order valence-corrected chi connectivity index (χ1v) is 14.5. The van der Waals surface area contributed by atoms with Crippen molar-refractivity contribution in [3.05, 3.63) is 64.7 Å². The first-order valence-electron chi connectivity index (χ1n) is 12.7. The summed E-state index contributed by atoms with van der Waals surface area (Å²) in [5, 5.41) is 3.13. The van der Waals surface area contributed by atoms with Crippen molar-refractivity contribution in [2.45, 2.75) is 78.4 Å². The predicted octanol–water partition coefficient (Wildman–Crippen LogP) is 4.24. The van der Waals surface area contributed by atoms with Crippen molar-refractivity contribution >= 4 is 27.5 Å². The van der Waals surface area contributed by atoms with E-state index in [9.17, 15) is 18.0 Å². The molecule has 0 saturated heterocycles. The number of nitrogens with zero attached hydrogens (tertiary/aromatic N) is 2. The molecule has 1 atom stereocenters. The SMILES string of the molecule is CC[C@H](C(=O)NC1CCCC1)N(Cc1cccc(C)c1)C(=O)CN(c1cc(C)ccc1C)S(C)(=O)=O. The largest absolute Gasteiger partial charge is 0.352 e. The van der Waals surface area contributed by atoms with Crippen LogP contribution in [-0.2, 0) is 26.2 Å². The third kappa shape index (κ3) is 7.09. The maximum atomic E-state index is 13.8. The van der Waals surface area contributed by atoms with E-state index in [1.807, 2.05) is 64.1 Å². The van der Waals surface area contributed by atoms with Crippen LogP contribution in [0.1, 0.15) is 61.3 Å². The van der Waals surface area contributed by atoms with Crippen molar-refractivity contribution in [2.24, 2.45) is 0 Å². The lowest BCUT2D eigenvalue weighted by Gasteiger charge is -2.33. The summed E-state index contributed by atoms with van der Waals surface area (Å²) in [4.78, 5) is 28.7. The Morgan fingerprint density at radius 2 is 1.69 bits per heavy atom. The third-order valence-corrected chi connectivity index (χ3v) is 7.96. The highest BCUT2D eigenvalue weighted by Gasteiger charge is 2.33. The zero-order valence-corrected chi connectivity index (χ0v) is 22.9. The van der Waals surface area contributed by atoms with Crippen molar-refractivity contribution in [3.8, 4) is 0 Å². The molecule has 2 aromatic carbocycles. The van der Waals surface area contributed by atoms with Crippen molar-refractivity contribution in [1.29, 1.82) is 0 Å². The van der Waals surface area contributed by atoms with Crippen LogP contribution in [0, 0.1) is 20.8 Å². The molecule has 8 heteroatoms. The molecule has 1 fully saturated rings. The van der Waals surface area contributed by atoms with Gasteiger partial charge < -0.3 is 10.2 Å². The minimum Gasteiger partial charge on any atom is -0.352 e. The number of nitrogens with one attached hydrogen (secondary N) is 1. The normalized spacial score (nSPS) is 14.9. The molecule has 1 aliphatic rings. The Kier molecular flexibility index (Phi) is 9.17. The average Bonchev–Trinajstić information content (AvgIpc) is 3.31. The van der Waals surface area contributed by atoms with E-state index in [-0.39, 0.29) is 25.0 Å². The van der Waals surface area contributed by atoms with Crippen molar-refractivity contribution in [2.75, 3.05) is 17.1 Å². The molecule has 1 aliphatic carbocycles. The Bertz CT molecular complexity index is 1190. The number of sulfonamides is 1. The summed E-state index contributed by atoms with van der Waals surface area (Å²) >= 11 is 0. The second-order valence-corrected chi connectivity index (χ2v) is 11.9. The summed E-state index contributed by atoms with van der Waals surface area (Å²) in [6.45, 7) is 7.42. The van der Waals surface area contributed by atoms with Crippen LogP contribution < -0.4 is 9.62 Å². The molecule has 1 N–H and O–H groups in total. The van der Waals surface area contributed by atoms with Gasteiger partial charge in [-0.25, -0.2) is 8.42 Å². The summed E-state index contributed by atoms with van der Waals surface area (Å²) in [5.41, 5.74) is 4.08. The molecule has 0 radical (unpaired) electrons. The van der Waals surface area contributed by atoms with Gasteiger partial charge in [-0.3, -0.25) is 13.9 Å². The minimum absolute atomic E-state index is 0.130. The highest BCUT2D eigenvalue weighted by molar-refractivity contribution is 7.92. The first kappa shape index (κ1) is 27.7. The molecule has 0 heterocycles. The standard InChI is InChI=1S/C28H39N3O4S/c1-6-25(28(33)29-24-12-7-8-13-24)30(18-23-11-9-10-20(2)16-23)27(32)19-31(36(5,34)35)26-17-21(3)14-15-22(26)4/h9-11,14-17,24-25H,6-8,12-13,18-19H2,1-5H3,(H,29,33)/t25-/m1/s1. The maximum absolute atomic E-state index is 13.8. The van der Waals surface area contributed by atoms with E-state index in [2.05, 4.69) is 5.32 Å². The lowest BCUT2D eigenvalue weighted by molar-refractivity contribution is -0.140. The summed E-state index contributed by atoms with van der Waals surface area (Å²) in [5.74, 6) is -0.584. The molecule has 7 nitrogen and oxygen atoms in total. The molecule has 0 aromatic heterocycles. The van der Waals surface area contributed by atoms with Gasteiger partial charge in [0, 0.05) is 12.6 Å². The van der Waals surface area contributed by atoms with E-state index < -0.39 is 22.0 Å². The highest BCUT2D eigenvalue weighted by atomic mass is 32.2. The zero-order chi connectivity index (χ0) is 26.5. The minimum atomic E-state index is -3.75. The maximum Gasteiger partial charge on any atom is 0.244 e. The van der Waals surface area contributed by atoms with Gasteiger partial charge in [-0.15, -0.1) is 0 Å². The van der Waals surface area contributed by atoms with Gasteiger partial charge in [0.15, 0.2) is 0 Å². The fourth-order valence-electron chi connectivity index (χ4n) is 4.88. The van der Waals surface area contributed by atoms with Gasteiger partial charge in [-0.1, -0.05) is 61.7 Å². The lowest BCUT2D eigenvalue weighted by Crippen LogP contribution is -2.53. The van der Waals surface area contributed by atoms with Gasteiger partial charge in [-0.2, -0.15) is 0 Å². The molecule has 2 amide bonds. The van der Waals surface area contributed by atoms with Crippen molar-refractivity contribution in [1.82, 2.24) is 10.2 Å². The van der Waals surface area contributed by atoms with Crippen LogP contribution >= 0.6 is 0 Å². The van der Waals surface area contributed by atoms with Gasteiger partial charge in [0.25, 0.3) is 0 Å². The monoisotopic (exact) mass is 513 g/mol. The van der Waals surface area contributed by atoms with Crippen LogP contribution in [0.2, 0.25) is 0 Å². The zero-order valence-electron chi connectivity index (χ0n) is 22.1. The van der Waals surface area contributed by atoms with E-state index in [4.69, 9.17) is 0 Å². The Morgan fingerprint density at radius 1 is 1.03 bits per heavy atom. The second kappa shape index (κ2) is 11.9. The van der Waals surface area contributed by atoms with Gasteiger partial charge in [-0.05, 0) is 62.8 Å². The number of hydrogen-bond donors (Lipinski definition) is 1. The molecule has 1 saturated carbocycles. The van der Waals surface area contributed by atoms with Crippen LogP contribution in [0.15, 0.2) is 42.5 Å². The van der Waals surface area contributed by atoms with Gasteiger partial charge in [0.1, 0.15) is 12.6 Å². The molecule has 0 unspecified atom stereocenters. The number of anilines is 1. The fourth-order valence-corrected chi connectivity index (χ4v) is 5.78. The van der Waals surface area contributed by atoms with Crippen LogP contribution in [0.3, 0.4) is 0 Å². The van der Waals surface area contributed by atoms with Crippen LogP contribution in [0.4, 0.5) is 5.69 Å². The topological polar surface area (TPSA) is 86.8 Å². The smallest absolute Gasteiger partial charge is 0.244 e. The van der Waals surface area contributed by atoms with Crippen LogP contribution in [0.5, 0.6) is 0 Å². The molecule has 196 valence electrons. The van der Waals surface area contributed by atoms with Crippen molar-refractivity contribution < 1.29 is 18.0 Å². The van der Waals surface area contributed by atoms with Crippen LogP contribution in [0.25, 0.3) is 0 Å². The fraction of sp³-hybridized carbons (Fsp3) is 0.500. The Morgan fingerprint density at radius 3 is 2.31 bits per heavy atom.